The van der Waals surface area contributed by atoms with E-state index in [-0.39, 0.29) is 36.7 Å². The van der Waals surface area contributed by atoms with Gasteiger partial charge >= 0.3 is 0 Å². The van der Waals surface area contributed by atoms with Crippen LogP contribution in [0.15, 0.2) is 47.6 Å². The third kappa shape index (κ3) is 16.3. The number of hydrogen-bond acceptors (Lipinski definition) is 4. The quantitative estimate of drug-likeness (QED) is 0.0549. The molecule has 2 aliphatic rings. The Morgan fingerprint density at radius 1 is 0.385 bits per heavy atom. The minimum Gasteiger partial charge on any atom is -0.271 e. The standard InChI is InChI=1S/C46H72N2O4/c1-3-5-7-9-11-13-15-17-19-21-23-25-27-31-39-35-43(49)47(45(39)51)37-41-33-29-30-34-42(41)38-48-44(50)36-40(46(48)52)32-28-26-24-22-20-18-16-14-12-10-8-6-4-2/h29-30,33-36H,3-28,31-32,37-38H2,1-2H3. The van der Waals surface area contributed by atoms with E-state index in [2.05, 4.69) is 13.8 Å². The van der Waals surface area contributed by atoms with Crippen molar-refractivity contribution in [1.82, 2.24) is 9.80 Å². The van der Waals surface area contributed by atoms with E-state index in [0.717, 1.165) is 36.8 Å². The van der Waals surface area contributed by atoms with Crippen molar-refractivity contribution in [2.24, 2.45) is 0 Å². The van der Waals surface area contributed by atoms with E-state index in [4.69, 9.17) is 0 Å². The summed E-state index contributed by atoms with van der Waals surface area (Å²) in [6, 6.07) is 7.51. The molecule has 52 heavy (non-hydrogen) atoms. The highest BCUT2D eigenvalue weighted by atomic mass is 16.2. The molecule has 0 N–H and O–H groups in total. The fraction of sp³-hybridized carbons (Fsp3) is 0.696. The normalized spacial score (nSPS) is 14.7. The van der Waals surface area contributed by atoms with Gasteiger partial charge in [-0.05, 0) is 36.8 Å². The van der Waals surface area contributed by atoms with Crippen molar-refractivity contribution in [2.75, 3.05) is 0 Å². The molecule has 290 valence electrons. The number of rotatable bonds is 32. The molecule has 3 rings (SSSR count). The van der Waals surface area contributed by atoms with Crippen molar-refractivity contribution in [3.63, 3.8) is 0 Å². The fourth-order valence-corrected chi connectivity index (χ4v) is 7.66. The highest BCUT2D eigenvalue weighted by molar-refractivity contribution is 6.16. The highest BCUT2D eigenvalue weighted by Crippen LogP contribution is 2.26. The van der Waals surface area contributed by atoms with Crippen LogP contribution in [0.4, 0.5) is 0 Å². The van der Waals surface area contributed by atoms with E-state index < -0.39 is 0 Å². The van der Waals surface area contributed by atoms with Gasteiger partial charge in [0, 0.05) is 23.3 Å². The van der Waals surface area contributed by atoms with Gasteiger partial charge in [-0.1, -0.05) is 192 Å². The number of amides is 4. The highest BCUT2D eigenvalue weighted by Gasteiger charge is 2.33. The van der Waals surface area contributed by atoms with E-state index in [1.807, 2.05) is 24.3 Å². The van der Waals surface area contributed by atoms with Crippen molar-refractivity contribution >= 4 is 23.6 Å². The number of nitrogens with zero attached hydrogens (tertiary/aromatic N) is 2. The molecule has 0 unspecified atom stereocenters. The largest absolute Gasteiger partial charge is 0.271 e. The second kappa shape index (κ2) is 26.7. The molecule has 0 aromatic heterocycles. The Hall–Kier alpha value is -3.02. The molecule has 0 spiro atoms. The Kier molecular flexibility index (Phi) is 22.3. The molecule has 0 saturated carbocycles. The van der Waals surface area contributed by atoms with Crippen LogP contribution in [0.1, 0.15) is 205 Å². The Balaban J connectivity index is 1.31. The topological polar surface area (TPSA) is 74.8 Å². The summed E-state index contributed by atoms with van der Waals surface area (Å²) in [4.78, 5) is 54.9. The summed E-state index contributed by atoms with van der Waals surface area (Å²) >= 11 is 0. The maximum Gasteiger partial charge on any atom is 0.257 e. The Labute approximate surface area is 317 Å². The second-order valence-electron chi connectivity index (χ2n) is 15.6. The Bertz CT molecular complexity index is 1180. The van der Waals surface area contributed by atoms with Crippen molar-refractivity contribution in [3.8, 4) is 0 Å². The van der Waals surface area contributed by atoms with Gasteiger partial charge in [-0.3, -0.25) is 29.0 Å². The predicted molar refractivity (Wildman–Crippen MR) is 214 cm³/mol. The average molecular weight is 717 g/mol. The van der Waals surface area contributed by atoms with Gasteiger partial charge in [0.25, 0.3) is 23.6 Å². The van der Waals surface area contributed by atoms with Gasteiger partial charge in [-0.25, -0.2) is 0 Å². The van der Waals surface area contributed by atoms with Crippen molar-refractivity contribution in [3.05, 3.63) is 58.7 Å². The van der Waals surface area contributed by atoms with Crippen LogP contribution in [0.3, 0.4) is 0 Å². The van der Waals surface area contributed by atoms with Gasteiger partial charge in [-0.2, -0.15) is 0 Å². The molecule has 1 aromatic carbocycles. The molecule has 4 amide bonds. The number of hydrogen-bond donors (Lipinski definition) is 0. The van der Waals surface area contributed by atoms with Crippen LogP contribution >= 0.6 is 0 Å². The number of benzene rings is 1. The van der Waals surface area contributed by atoms with Gasteiger partial charge in [0.05, 0.1) is 13.1 Å². The maximum absolute atomic E-state index is 13.2. The minimum atomic E-state index is -0.278. The third-order valence-corrected chi connectivity index (χ3v) is 11.0. The van der Waals surface area contributed by atoms with Gasteiger partial charge in [0.15, 0.2) is 0 Å². The van der Waals surface area contributed by atoms with Crippen LogP contribution in [0.25, 0.3) is 0 Å². The zero-order valence-corrected chi connectivity index (χ0v) is 33.2. The first-order valence-corrected chi connectivity index (χ1v) is 21.7. The zero-order chi connectivity index (χ0) is 37.2. The summed E-state index contributed by atoms with van der Waals surface area (Å²) in [5.74, 6) is -0.984. The van der Waals surface area contributed by atoms with E-state index >= 15 is 0 Å². The van der Waals surface area contributed by atoms with Crippen LogP contribution in [-0.4, -0.2) is 33.4 Å². The third-order valence-electron chi connectivity index (χ3n) is 11.0. The molecule has 0 atom stereocenters. The molecule has 2 aliphatic heterocycles. The number of unbranched alkanes of at least 4 members (excludes halogenated alkanes) is 24. The lowest BCUT2D eigenvalue weighted by atomic mass is 10.0. The SMILES string of the molecule is CCCCCCCCCCCCCCCC1=CC(=O)N(Cc2ccccc2CN2C(=O)C=C(CCCCCCCCCCCCCCC)C2=O)C1=O. The fourth-order valence-electron chi connectivity index (χ4n) is 7.66. The lowest BCUT2D eigenvalue weighted by Crippen LogP contribution is -2.33. The molecule has 0 fully saturated rings. The monoisotopic (exact) mass is 717 g/mol. The van der Waals surface area contributed by atoms with Gasteiger partial charge in [-0.15, -0.1) is 0 Å². The Morgan fingerprint density at radius 3 is 0.942 bits per heavy atom. The summed E-state index contributed by atoms with van der Waals surface area (Å²) in [6.45, 7) is 4.80. The summed E-state index contributed by atoms with van der Waals surface area (Å²) in [7, 11) is 0. The molecular weight excluding hydrogens is 645 g/mol. The van der Waals surface area contributed by atoms with Gasteiger partial charge in [0.2, 0.25) is 0 Å². The maximum atomic E-state index is 13.2. The summed E-state index contributed by atoms with van der Waals surface area (Å²) in [6.07, 6.45) is 37.3. The lowest BCUT2D eigenvalue weighted by molar-refractivity contribution is -0.139. The van der Waals surface area contributed by atoms with Gasteiger partial charge in [0.1, 0.15) is 0 Å². The van der Waals surface area contributed by atoms with Crippen LogP contribution in [0, 0.1) is 0 Å². The number of carbonyl (C=O) groups is 4. The molecule has 0 saturated heterocycles. The lowest BCUT2D eigenvalue weighted by Gasteiger charge is -2.20. The molecule has 6 nitrogen and oxygen atoms in total. The first-order valence-electron chi connectivity index (χ1n) is 21.7. The average Bonchev–Trinajstić information content (AvgIpc) is 3.56. The van der Waals surface area contributed by atoms with E-state index in [0.29, 0.717) is 24.0 Å². The van der Waals surface area contributed by atoms with E-state index in [9.17, 15) is 19.2 Å². The van der Waals surface area contributed by atoms with Crippen molar-refractivity contribution in [2.45, 2.75) is 207 Å². The van der Waals surface area contributed by atoms with Gasteiger partial charge < -0.3 is 0 Å². The van der Waals surface area contributed by atoms with Crippen LogP contribution < -0.4 is 0 Å². The first kappa shape index (κ1) is 43.4. The predicted octanol–water partition coefficient (Wildman–Crippen LogP) is 12.2. The molecule has 2 heterocycles. The number of carbonyl (C=O) groups excluding carboxylic acids is 4. The van der Waals surface area contributed by atoms with Crippen molar-refractivity contribution < 1.29 is 19.2 Å². The smallest absolute Gasteiger partial charge is 0.257 e. The summed E-state index contributed by atoms with van der Waals surface area (Å²) < 4.78 is 0. The minimum absolute atomic E-state index is 0.141. The number of imide groups is 2. The Morgan fingerprint density at radius 2 is 0.654 bits per heavy atom. The molecular formula is C46H72N2O4. The second-order valence-corrected chi connectivity index (χ2v) is 15.6. The summed E-state index contributed by atoms with van der Waals surface area (Å²) in [5, 5.41) is 0. The zero-order valence-electron chi connectivity index (χ0n) is 33.2. The molecule has 0 aliphatic carbocycles. The van der Waals surface area contributed by atoms with Crippen LogP contribution in [-0.2, 0) is 32.3 Å². The van der Waals surface area contributed by atoms with Crippen LogP contribution in [0.2, 0.25) is 0 Å². The summed E-state index contributed by atoms with van der Waals surface area (Å²) in [5.41, 5.74) is 2.76. The van der Waals surface area contributed by atoms with E-state index in [1.54, 1.807) is 0 Å². The van der Waals surface area contributed by atoms with E-state index in [1.165, 1.54) is 163 Å². The molecule has 1 aromatic rings. The first-order chi connectivity index (χ1) is 25.5. The molecule has 0 bridgehead atoms. The molecule has 0 radical (unpaired) electrons. The van der Waals surface area contributed by atoms with Crippen molar-refractivity contribution in [1.29, 1.82) is 0 Å². The molecule has 6 heteroatoms. The van der Waals surface area contributed by atoms with Crippen LogP contribution in [0.5, 0.6) is 0 Å².